The lowest BCUT2D eigenvalue weighted by Crippen LogP contribution is -2.22. The van der Waals surface area contributed by atoms with Gasteiger partial charge in [0.05, 0.1) is 18.8 Å². The molecule has 0 radical (unpaired) electrons. The summed E-state index contributed by atoms with van der Waals surface area (Å²) in [6.45, 7) is 4.64. The fourth-order valence-electron chi connectivity index (χ4n) is 6.13. The minimum atomic E-state index is -0.391. The van der Waals surface area contributed by atoms with Gasteiger partial charge in [0.1, 0.15) is 17.2 Å². The summed E-state index contributed by atoms with van der Waals surface area (Å²) in [6.07, 6.45) is 23.6. The number of carbonyl (C=O) groups excluding carboxylic acids is 1. The van der Waals surface area contributed by atoms with Crippen LogP contribution in [0.3, 0.4) is 0 Å². The zero-order valence-electron chi connectivity index (χ0n) is 29.9. The van der Waals surface area contributed by atoms with Crippen molar-refractivity contribution < 1.29 is 38.0 Å². The minimum Gasteiger partial charge on any atom is -0.494 e. The highest BCUT2D eigenvalue weighted by atomic mass is 16.7. The third kappa shape index (κ3) is 17.7. The number of ether oxygens (including phenoxy) is 7. The van der Waals surface area contributed by atoms with Gasteiger partial charge in [0.15, 0.2) is 12.6 Å². The molecule has 0 spiro atoms. The van der Waals surface area contributed by atoms with Crippen LogP contribution in [0.25, 0.3) is 0 Å². The van der Waals surface area contributed by atoms with E-state index in [0.29, 0.717) is 24.5 Å². The number of unbranched alkanes of at least 4 members (excludes halogenated alkanes) is 12. The second-order valence-corrected chi connectivity index (χ2v) is 13.4. The van der Waals surface area contributed by atoms with Crippen molar-refractivity contribution in [2.45, 2.75) is 141 Å². The topological polar surface area (TPSA) is 81.7 Å². The lowest BCUT2D eigenvalue weighted by Gasteiger charge is -2.22. The van der Waals surface area contributed by atoms with Crippen LogP contribution in [-0.2, 0) is 18.9 Å². The first-order chi connectivity index (χ1) is 24.3. The maximum atomic E-state index is 12.6. The predicted molar refractivity (Wildman–Crippen MR) is 193 cm³/mol. The van der Waals surface area contributed by atoms with E-state index < -0.39 is 5.97 Å². The van der Waals surface area contributed by atoms with Crippen LogP contribution in [0, 0.1) is 0 Å². The van der Waals surface area contributed by atoms with Crippen molar-refractivity contribution in [2.24, 2.45) is 0 Å². The first kappa shape index (κ1) is 39.1. The number of hydrogen-bond donors (Lipinski definition) is 0. The van der Waals surface area contributed by atoms with E-state index in [1.165, 1.54) is 70.6 Å². The molecule has 0 aliphatic carbocycles. The van der Waals surface area contributed by atoms with E-state index in [9.17, 15) is 4.79 Å². The van der Waals surface area contributed by atoms with Gasteiger partial charge in [0.2, 0.25) is 0 Å². The zero-order chi connectivity index (χ0) is 34.0. The van der Waals surface area contributed by atoms with Gasteiger partial charge in [-0.2, -0.15) is 0 Å². The molecule has 2 aromatic rings. The third-order valence-corrected chi connectivity index (χ3v) is 9.12. The van der Waals surface area contributed by atoms with Crippen molar-refractivity contribution in [3.63, 3.8) is 0 Å². The number of hydrogen-bond acceptors (Lipinski definition) is 8. The SMILES string of the molecule is O=C(Oc1ccc(OCCCCCCOC2CCCCO2)cc1)c1ccc(OCCCCCCCCCCCCOC2CCCCO2)cc1. The first-order valence-corrected chi connectivity index (χ1v) is 19.4. The summed E-state index contributed by atoms with van der Waals surface area (Å²) in [5.74, 6) is 1.65. The molecule has 49 heavy (non-hydrogen) atoms. The number of benzene rings is 2. The summed E-state index contributed by atoms with van der Waals surface area (Å²) < 4.78 is 40.1. The normalized spacial score (nSPS) is 17.9. The van der Waals surface area contributed by atoms with E-state index in [4.69, 9.17) is 33.2 Å². The van der Waals surface area contributed by atoms with Crippen LogP contribution >= 0.6 is 0 Å². The largest absolute Gasteiger partial charge is 0.494 e. The van der Waals surface area contributed by atoms with Gasteiger partial charge in [-0.15, -0.1) is 0 Å². The zero-order valence-corrected chi connectivity index (χ0v) is 29.9. The molecule has 0 saturated carbocycles. The Balaban J connectivity index is 0.935. The average molecular weight is 683 g/mol. The van der Waals surface area contributed by atoms with E-state index in [1.807, 2.05) is 24.3 Å². The molecule has 0 aromatic heterocycles. The molecular formula is C41H62O8. The van der Waals surface area contributed by atoms with Gasteiger partial charge in [-0.3, -0.25) is 0 Å². The standard InChI is InChI=1S/C41H62O8/c42-41(49-38-27-25-37(26-28-38)44-30-14-9-10-16-32-46-40-20-12-18-34-48-40)35-21-23-36(24-22-35)43-29-13-7-5-3-1-2-4-6-8-15-31-45-39-19-11-17-33-47-39/h21-28,39-40H,1-20,29-34H2. The molecule has 2 atom stereocenters. The smallest absolute Gasteiger partial charge is 0.343 e. The second-order valence-electron chi connectivity index (χ2n) is 13.4. The van der Waals surface area contributed by atoms with E-state index in [0.717, 1.165) is 95.7 Å². The van der Waals surface area contributed by atoms with Crippen LogP contribution in [0.2, 0.25) is 0 Å². The third-order valence-electron chi connectivity index (χ3n) is 9.12. The number of esters is 1. The van der Waals surface area contributed by atoms with Crippen LogP contribution in [0.15, 0.2) is 48.5 Å². The Hall–Kier alpha value is -2.65. The molecule has 0 N–H and O–H groups in total. The van der Waals surface area contributed by atoms with Crippen molar-refractivity contribution >= 4 is 5.97 Å². The van der Waals surface area contributed by atoms with Crippen molar-refractivity contribution in [2.75, 3.05) is 39.6 Å². The molecule has 8 nitrogen and oxygen atoms in total. The van der Waals surface area contributed by atoms with E-state index in [-0.39, 0.29) is 12.6 Å². The van der Waals surface area contributed by atoms with Crippen molar-refractivity contribution in [3.8, 4) is 17.2 Å². The van der Waals surface area contributed by atoms with Crippen molar-refractivity contribution in [1.82, 2.24) is 0 Å². The highest BCUT2D eigenvalue weighted by Crippen LogP contribution is 2.21. The summed E-state index contributed by atoms with van der Waals surface area (Å²) in [4.78, 5) is 12.6. The van der Waals surface area contributed by atoms with Crippen LogP contribution in [0.1, 0.15) is 139 Å². The van der Waals surface area contributed by atoms with Crippen molar-refractivity contribution in [3.05, 3.63) is 54.1 Å². The maximum absolute atomic E-state index is 12.6. The molecule has 8 heteroatoms. The second kappa shape index (κ2) is 25.3. The molecular weight excluding hydrogens is 620 g/mol. The first-order valence-electron chi connectivity index (χ1n) is 19.4. The lowest BCUT2D eigenvalue weighted by atomic mass is 10.1. The Morgan fingerprint density at radius 3 is 1.31 bits per heavy atom. The van der Waals surface area contributed by atoms with Gasteiger partial charge >= 0.3 is 5.97 Å². The molecule has 2 saturated heterocycles. The summed E-state index contributed by atoms with van der Waals surface area (Å²) in [5.41, 5.74) is 0.492. The molecule has 0 bridgehead atoms. The molecule has 2 aromatic carbocycles. The predicted octanol–water partition coefficient (Wildman–Crippen LogP) is 10.2. The van der Waals surface area contributed by atoms with Crippen LogP contribution in [-0.4, -0.2) is 58.2 Å². The highest BCUT2D eigenvalue weighted by molar-refractivity contribution is 5.91. The van der Waals surface area contributed by atoms with Crippen LogP contribution in [0.5, 0.6) is 17.2 Å². The van der Waals surface area contributed by atoms with Gasteiger partial charge in [0.25, 0.3) is 0 Å². The maximum Gasteiger partial charge on any atom is 0.343 e. The van der Waals surface area contributed by atoms with Gasteiger partial charge in [-0.05, 0) is 119 Å². The van der Waals surface area contributed by atoms with Crippen molar-refractivity contribution in [1.29, 1.82) is 0 Å². The highest BCUT2D eigenvalue weighted by Gasteiger charge is 2.14. The number of carbonyl (C=O) groups is 1. The molecule has 2 unspecified atom stereocenters. The van der Waals surface area contributed by atoms with E-state index in [1.54, 1.807) is 24.3 Å². The number of rotatable bonds is 26. The minimum absolute atomic E-state index is 0.00399. The van der Waals surface area contributed by atoms with E-state index in [2.05, 4.69) is 0 Å². The Morgan fingerprint density at radius 1 is 0.490 bits per heavy atom. The molecule has 2 fully saturated rings. The van der Waals surface area contributed by atoms with Gasteiger partial charge in [-0.25, -0.2) is 4.79 Å². The Morgan fingerprint density at radius 2 is 0.878 bits per heavy atom. The summed E-state index contributed by atoms with van der Waals surface area (Å²) in [6, 6.07) is 14.4. The molecule has 2 aliphatic rings. The van der Waals surface area contributed by atoms with Gasteiger partial charge in [0, 0.05) is 26.4 Å². The van der Waals surface area contributed by atoms with Crippen LogP contribution in [0.4, 0.5) is 0 Å². The van der Waals surface area contributed by atoms with Gasteiger partial charge in [-0.1, -0.05) is 57.8 Å². The molecule has 274 valence electrons. The Labute approximate surface area is 295 Å². The average Bonchev–Trinajstić information content (AvgIpc) is 3.14. The monoisotopic (exact) mass is 682 g/mol. The molecule has 4 rings (SSSR count). The Kier molecular flexibility index (Phi) is 20.2. The lowest BCUT2D eigenvalue weighted by molar-refractivity contribution is -0.163. The molecule has 2 heterocycles. The van der Waals surface area contributed by atoms with E-state index >= 15 is 0 Å². The van der Waals surface area contributed by atoms with Crippen LogP contribution < -0.4 is 14.2 Å². The quantitative estimate of drug-likeness (QED) is 0.0551. The fraction of sp³-hybridized carbons (Fsp3) is 0.683. The fourth-order valence-corrected chi connectivity index (χ4v) is 6.13. The van der Waals surface area contributed by atoms with Gasteiger partial charge < -0.3 is 33.2 Å². The summed E-state index contributed by atoms with van der Waals surface area (Å²) in [7, 11) is 0. The molecule has 2 aliphatic heterocycles. The Bertz CT molecular complexity index is 1090. The summed E-state index contributed by atoms with van der Waals surface area (Å²) in [5, 5.41) is 0. The molecule has 0 amide bonds. The summed E-state index contributed by atoms with van der Waals surface area (Å²) >= 11 is 0.